The highest BCUT2D eigenvalue weighted by Gasteiger charge is 2.07. The smallest absolute Gasteiger partial charge is 0.165 e. The summed E-state index contributed by atoms with van der Waals surface area (Å²) in [5.74, 6) is -1.11. The highest BCUT2D eigenvalue weighted by atomic mass is 19.2. The van der Waals surface area contributed by atoms with Gasteiger partial charge in [-0.3, -0.25) is 0 Å². The highest BCUT2D eigenvalue weighted by Crippen LogP contribution is 2.17. The van der Waals surface area contributed by atoms with Crippen LogP contribution >= 0.6 is 0 Å². The summed E-state index contributed by atoms with van der Waals surface area (Å²) in [6, 6.07) is 11.4. The van der Waals surface area contributed by atoms with Crippen molar-refractivity contribution < 1.29 is 13.5 Å². The lowest BCUT2D eigenvalue weighted by Crippen LogP contribution is -2.03. The number of hydrogen-bond donors (Lipinski definition) is 1. The van der Waals surface area contributed by atoms with Gasteiger partial charge in [0.1, 0.15) is 12.4 Å². The molecule has 0 aromatic heterocycles. The fraction of sp³-hybridized carbons (Fsp3) is 0.200. The molecule has 0 saturated carbocycles. The lowest BCUT2D eigenvalue weighted by molar-refractivity contribution is 0.297. The van der Waals surface area contributed by atoms with E-state index in [1.807, 2.05) is 12.1 Å². The Morgan fingerprint density at radius 1 is 1.00 bits per heavy atom. The predicted octanol–water partition coefficient (Wildman–Crippen LogP) is 3.05. The Bertz CT molecular complexity index is 540. The number of nitrogens with two attached hydrogens (primary N) is 1. The van der Waals surface area contributed by atoms with Crippen molar-refractivity contribution >= 4 is 0 Å². The van der Waals surface area contributed by atoms with Crippen LogP contribution in [0.4, 0.5) is 8.78 Å². The van der Waals surface area contributed by atoms with Crippen molar-refractivity contribution in [1.82, 2.24) is 0 Å². The van der Waals surface area contributed by atoms with Crippen LogP contribution in [0.2, 0.25) is 0 Å². The minimum Gasteiger partial charge on any atom is -0.489 e. The fourth-order valence-corrected chi connectivity index (χ4v) is 1.74. The Morgan fingerprint density at radius 3 is 2.42 bits per heavy atom. The lowest BCUT2D eigenvalue weighted by atomic mass is 10.1. The Balaban J connectivity index is 2.00. The van der Waals surface area contributed by atoms with Gasteiger partial charge < -0.3 is 10.5 Å². The molecule has 19 heavy (non-hydrogen) atoms. The highest BCUT2D eigenvalue weighted by molar-refractivity contribution is 5.28. The van der Waals surface area contributed by atoms with Crippen LogP contribution in [0.3, 0.4) is 0 Å². The molecular formula is C15H15F2NO. The summed E-state index contributed by atoms with van der Waals surface area (Å²) in [5, 5.41) is 0. The second kappa shape index (κ2) is 6.29. The number of rotatable bonds is 5. The third-order valence-electron chi connectivity index (χ3n) is 2.78. The molecule has 0 amide bonds. The predicted molar refractivity (Wildman–Crippen MR) is 69.9 cm³/mol. The van der Waals surface area contributed by atoms with E-state index >= 15 is 0 Å². The molecule has 100 valence electrons. The second-order valence-corrected chi connectivity index (χ2v) is 4.18. The first-order chi connectivity index (χ1) is 9.20. The van der Waals surface area contributed by atoms with E-state index in [0.717, 1.165) is 18.1 Å². The van der Waals surface area contributed by atoms with Crippen LogP contribution in [-0.4, -0.2) is 6.54 Å². The van der Waals surface area contributed by atoms with Gasteiger partial charge >= 0.3 is 0 Å². The van der Waals surface area contributed by atoms with Crippen LogP contribution in [0.1, 0.15) is 11.1 Å². The molecule has 0 bridgehead atoms. The zero-order valence-electron chi connectivity index (χ0n) is 10.4. The van der Waals surface area contributed by atoms with E-state index in [0.29, 0.717) is 12.3 Å². The minimum absolute atomic E-state index is 0.000170. The first kappa shape index (κ1) is 13.5. The zero-order chi connectivity index (χ0) is 13.7. The van der Waals surface area contributed by atoms with E-state index in [9.17, 15) is 8.78 Å². The summed E-state index contributed by atoms with van der Waals surface area (Å²) >= 11 is 0. The maximum Gasteiger partial charge on any atom is 0.165 e. The van der Waals surface area contributed by atoms with E-state index in [-0.39, 0.29) is 12.2 Å². The van der Waals surface area contributed by atoms with Crippen molar-refractivity contribution in [1.29, 1.82) is 0 Å². The summed E-state index contributed by atoms with van der Waals surface area (Å²) in [7, 11) is 0. The van der Waals surface area contributed by atoms with Gasteiger partial charge in [-0.2, -0.15) is 0 Å². The summed E-state index contributed by atoms with van der Waals surface area (Å²) < 4.78 is 31.8. The maximum absolute atomic E-state index is 13.4. The number of hydrogen-bond acceptors (Lipinski definition) is 2. The molecule has 0 radical (unpaired) electrons. The molecule has 2 aromatic rings. The number of halogens is 2. The van der Waals surface area contributed by atoms with Crippen LogP contribution in [0, 0.1) is 11.6 Å². The Labute approximate surface area is 110 Å². The molecule has 0 heterocycles. The van der Waals surface area contributed by atoms with E-state index in [2.05, 4.69) is 0 Å². The molecule has 0 aliphatic carbocycles. The van der Waals surface area contributed by atoms with E-state index < -0.39 is 11.6 Å². The van der Waals surface area contributed by atoms with Crippen molar-refractivity contribution in [3.8, 4) is 5.75 Å². The van der Waals surface area contributed by atoms with E-state index in [4.69, 9.17) is 10.5 Å². The van der Waals surface area contributed by atoms with E-state index in [1.165, 1.54) is 12.1 Å². The lowest BCUT2D eigenvalue weighted by Gasteiger charge is -2.08. The Hall–Kier alpha value is -1.94. The van der Waals surface area contributed by atoms with Crippen LogP contribution < -0.4 is 10.5 Å². The van der Waals surface area contributed by atoms with Crippen molar-refractivity contribution in [2.75, 3.05) is 6.54 Å². The van der Waals surface area contributed by atoms with Gasteiger partial charge in [-0.05, 0) is 36.7 Å². The molecule has 0 saturated heterocycles. The van der Waals surface area contributed by atoms with Gasteiger partial charge in [-0.15, -0.1) is 0 Å². The molecule has 0 aliphatic rings. The van der Waals surface area contributed by atoms with E-state index in [1.54, 1.807) is 12.1 Å². The van der Waals surface area contributed by atoms with Gasteiger partial charge in [0, 0.05) is 5.56 Å². The van der Waals surface area contributed by atoms with Gasteiger partial charge in [-0.25, -0.2) is 8.78 Å². The standard InChI is InChI=1S/C15H15F2NO/c16-14-3-1-2-12(15(14)17)10-19-13-6-4-11(5-7-13)8-9-18/h1-7H,8-10,18H2. The molecule has 0 aliphatic heterocycles. The summed E-state index contributed by atoms with van der Waals surface area (Å²) in [6.07, 6.45) is 0.804. The number of benzene rings is 2. The van der Waals surface area contributed by atoms with Crippen LogP contribution in [0.25, 0.3) is 0 Å². The third kappa shape index (κ3) is 3.51. The average molecular weight is 263 g/mol. The zero-order valence-corrected chi connectivity index (χ0v) is 10.4. The average Bonchev–Trinajstić information content (AvgIpc) is 2.42. The molecule has 2 aromatic carbocycles. The molecule has 0 spiro atoms. The summed E-state index contributed by atoms with van der Waals surface area (Å²) in [5.41, 5.74) is 6.77. The van der Waals surface area contributed by atoms with Crippen molar-refractivity contribution in [3.63, 3.8) is 0 Å². The van der Waals surface area contributed by atoms with Gasteiger partial charge in [-0.1, -0.05) is 24.3 Å². The van der Waals surface area contributed by atoms with Crippen molar-refractivity contribution in [2.45, 2.75) is 13.0 Å². The van der Waals surface area contributed by atoms with Crippen LogP contribution in [-0.2, 0) is 13.0 Å². The molecule has 0 atom stereocenters. The minimum atomic E-state index is -0.862. The largest absolute Gasteiger partial charge is 0.489 e. The molecule has 4 heteroatoms. The molecule has 0 unspecified atom stereocenters. The summed E-state index contributed by atoms with van der Waals surface area (Å²) in [6.45, 7) is 0.592. The third-order valence-corrected chi connectivity index (χ3v) is 2.78. The quantitative estimate of drug-likeness (QED) is 0.899. The first-order valence-corrected chi connectivity index (χ1v) is 6.05. The SMILES string of the molecule is NCCc1ccc(OCc2cccc(F)c2F)cc1. The first-order valence-electron chi connectivity index (χ1n) is 6.05. The Morgan fingerprint density at radius 2 is 1.74 bits per heavy atom. The van der Waals surface area contributed by atoms with Crippen LogP contribution in [0.15, 0.2) is 42.5 Å². The van der Waals surface area contributed by atoms with Gasteiger partial charge in [0.15, 0.2) is 11.6 Å². The molecule has 2 rings (SSSR count). The molecule has 2 nitrogen and oxygen atoms in total. The van der Waals surface area contributed by atoms with Gasteiger partial charge in [0.25, 0.3) is 0 Å². The maximum atomic E-state index is 13.4. The molecule has 2 N–H and O–H groups in total. The Kier molecular flexibility index (Phi) is 4.47. The molecular weight excluding hydrogens is 248 g/mol. The number of ether oxygens (including phenoxy) is 1. The van der Waals surface area contributed by atoms with Crippen molar-refractivity contribution in [3.05, 3.63) is 65.2 Å². The second-order valence-electron chi connectivity index (χ2n) is 4.18. The van der Waals surface area contributed by atoms with Crippen molar-refractivity contribution in [2.24, 2.45) is 5.73 Å². The van der Waals surface area contributed by atoms with Gasteiger partial charge in [0.05, 0.1) is 0 Å². The summed E-state index contributed by atoms with van der Waals surface area (Å²) in [4.78, 5) is 0. The molecule has 0 fully saturated rings. The monoisotopic (exact) mass is 263 g/mol. The normalized spacial score (nSPS) is 10.5. The van der Waals surface area contributed by atoms with Crippen LogP contribution in [0.5, 0.6) is 5.75 Å². The van der Waals surface area contributed by atoms with Gasteiger partial charge in [0.2, 0.25) is 0 Å². The topological polar surface area (TPSA) is 35.2 Å². The fourth-order valence-electron chi connectivity index (χ4n) is 1.74.